The zero-order valence-corrected chi connectivity index (χ0v) is 13.4. The number of aliphatic hydroxyl groups is 1. The van der Waals surface area contributed by atoms with E-state index in [9.17, 15) is 5.11 Å². The number of anilines is 1. The molecule has 1 saturated carbocycles. The van der Waals surface area contributed by atoms with Gasteiger partial charge in [-0.2, -0.15) is 4.98 Å². The van der Waals surface area contributed by atoms with Gasteiger partial charge in [-0.1, -0.05) is 16.8 Å². The van der Waals surface area contributed by atoms with Gasteiger partial charge in [0.2, 0.25) is 11.8 Å². The smallest absolute Gasteiger partial charge is 0.229 e. The van der Waals surface area contributed by atoms with Crippen LogP contribution in [-0.4, -0.2) is 43.9 Å². The molecule has 4 rings (SSSR count). The Hall–Kier alpha value is -1.73. The van der Waals surface area contributed by atoms with Gasteiger partial charge in [0.25, 0.3) is 0 Å². The number of β-amino-alcohol motifs (C(OH)–C–C–N with tert-alkyl or cyclic N) is 1. The van der Waals surface area contributed by atoms with Gasteiger partial charge in [-0.25, -0.2) is 9.97 Å². The lowest BCUT2D eigenvalue weighted by Gasteiger charge is -2.38. The molecule has 2 aliphatic rings. The molecular weight excluding hydrogens is 318 g/mol. The molecule has 1 atom stereocenters. The number of nitrogens with zero attached hydrogens (tertiary/aromatic N) is 5. The summed E-state index contributed by atoms with van der Waals surface area (Å²) in [5, 5.41) is 15.4. The average molecular weight is 336 g/mol. The molecule has 0 amide bonds. The van der Waals surface area contributed by atoms with Crippen LogP contribution in [0.5, 0.6) is 0 Å². The van der Waals surface area contributed by atoms with Crippen LogP contribution in [-0.2, 0) is 6.42 Å². The van der Waals surface area contributed by atoms with Crippen LogP contribution in [0.2, 0.25) is 5.02 Å². The van der Waals surface area contributed by atoms with Crippen LogP contribution in [0.25, 0.3) is 0 Å². The summed E-state index contributed by atoms with van der Waals surface area (Å²) in [6, 6.07) is 0. The molecule has 1 N–H and O–H groups in total. The summed E-state index contributed by atoms with van der Waals surface area (Å²) >= 11 is 5.83. The summed E-state index contributed by atoms with van der Waals surface area (Å²) in [4.78, 5) is 14.8. The quantitative estimate of drug-likeness (QED) is 0.913. The van der Waals surface area contributed by atoms with E-state index in [1.807, 2.05) is 4.90 Å². The lowest BCUT2D eigenvalue weighted by Crippen LogP contribution is -2.50. The second-order valence-electron chi connectivity index (χ2n) is 6.45. The van der Waals surface area contributed by atoms with Gasteiger partial charge in [0.1, 0.15) is 0 Å². The van der Waals surface area contributed by atoms with Crippen LogP contribution in [0.3, 0.4) is 0 Å². The van der Waals surface area contributed by atoms with Gasteiger partial charge in [-0.3, -0.25) is 0 Å². The Morgan fingerprint density at radius 1 is 1.35 bits per heavy atom. The SMILES string of the molecule is OC1(Cc2nc(C3CC3)no2)CCCN(c2ncc(Cl)cn2)C1. The maximum Gasteiger partial charge on any atom is 0.229 e. The fourth-order valence-corrected chi connectivity index (χ4v) is 3.12. The van der Waals surface area contributed by atoms with Crippen molar-refractivity contribution in [1.82, 2.24) is 20.1 Å². The summed E-state index contributed by atoms with van der Waals surface area (Å²) in [5.41, 5.74) is -0.908. The fourth-order valence-electron chi connectivity index (χ4n) is 3.02. The minimum atomic E-state index is -0.908. The maximum absolute atomic E-state index is 10.9. The highest BCUT2D eigenvalue weighted by Gasteiger charge is 2.37. The molecule has 1 aliphatic heterocycles. The number of halogens is 1. The first-order valence-corrected chi connectivity index (χ1v) is 8.26. The third-order valence-corrected chi connectivity index (χ3v) is 4.55. The van der Waals surface area contributed by atoms with Crippen LogP contribution in [0.4, 0.5) is 5.95 Å². The Balaban J connectivity index is 1.46. The van der Waals surface area contributed by atoms with E-state index in [-0.39, 0.29) is 0 Å². The second kappa shape index (κ2) is 5.72. The molecule has 0 radical (unpaired) electrons. The molecular formula is C15H18ClN5O2. The highest BCUT2D eigenvalue weighted by atomic mass is 35.5. The minimum Gasteiger partial charge on any atom is -0.388 e. The Bertz CT molecular complexity index is 687. The number of hydrogen-bond acceptors (Lipinski definition) is 7. The molecule has 8 heteroatoms. The second-order valence-corrected chi connectivity index (χ2v) is 6.88. The first kappa shape index (κ1) is 14.8. The van der Waals surface area contributed by atoms with Crippen molar-refractivity contribution in [3.05, 3.63) is 29.1 Å². The predicted octanol–water partition coefficient (Wildman–Crippen LogP) is 1.96. The first-order chi connectivity index (χ1) is 11.1. The van der Waals surface area contributed by atoms with Gasteiger partial charge in [-0.15, -0.1) is 0 Å². The zero-order chi connectivity index (χ0) is 15.9. The van der Waals surface area contributed by atoms with Gasteiger partial charge in [-0.05, 0) is 25.7 Å². The summed E-state index contributed by atoms with van der Waals surface area (Å²) in [6.45, 7) is 1.25. The highest BCUT2D eigenvalue weighted by Crippen LogP contribution is 2.38. The van der Waals surface area contributed by atoms with Crippen LogP contribution in [0, 0.1) is 0 Å². The van der Waals surface area contributed by atoms with Gasteiger partial charge in [0.15, 0.2) is 5.82 Å². The summed E-state index contributed by atoms with van der Waals surface area (Å²) in [7, 11) is 0. The minimum absolute atomic E-state index is 0.358. The van der Waals surface area contributed by atoms with E-state index in [0.717, 1.165) is 31.6 Å². The molecule has 3 heterocycles. The van der Waals surface area contributed by atoms with E-state index in [0.29, 0.717) is 42.2 Å². The van der Waals surface area contributed by atoms with Crippen molar-refractivity contribution in [1.29, 1.82) is 0 Å². The zero-order valence-electron chi connectivity index (χ0n) is 12.7. The normalized spacial score (nSPS) is 24.9. The first-order valence-electron chi connectivity index (χ1n) is 7.89. The van der Waals surface area contributed by atoms with Crippen LogP contribution in [0.15, 0.2) is 16.9 Å². The number of rotatable bonds is 4. The van der Waals surface area contributed by atoms with Crippen molar-refractivity contribution < 1.29 is 9.63 Å². The highest BCUT2D eigenvalue weighted by molar-refractivity contribution is 6.30. The number of hydrogen-bond donors (Lipinski definition) is 1. The Kier molecular flexibility index (Phi) is 3.69. The van der Waals surface area contributed by atoms with Gasteiger partial charge in [0.05, 0.1) is 36.0 Å². The van der Waals surface area contributed by atoms with Gasteiger partial charge >= 0.3 is 0 Å². The van der Waals surface area contributed by atoms with E-state index in [2.05, 4.69) is 20.1 Å². The number of piperidine rings is 1. The third kappa shape index (κ3) is 3.30. The summed E-state index contributed by atoms with van der Waals surface area (Å²) in [5.74, 6) is 2.31. The van der Waals surface area contributed by atoms with Crippen LogP contribution in [0.1, 0.15) is 43.3 Å². The molecule has 2 aromatic rings. The Morgan fingerprint density at radius 3 is 2.87 bits per heavy atom. The molecule has 2 fully saturated rings. The van der Waals surface area contributed by atoms with Gasteiger partial charge in [0, 0.05) is 12.5 Å². The van der Waals surface area contributed by atoms with E-state index in [4.69, 9.17) is 16.1 Å². The van der Waals surface area contributed by atoms with Crippen molar-refractivity contribution in [3.63, 3.8) is 0 Å². The molecule has 7 nitrogen and oxygen atoms in total. The standard InChI is InChI=1S/C15H18ClN5O2/c16-11-7-17-14(18-8-11)21-5-1-4-15(22,9-21)6-12-19-13(20-23-12)10-2-3-10/h7-8,10,22H,1-6,9H2. The molecule has 0 spiro atoms. The lowest BCUT2D eigenvalue weighted by atomic mass is 9.89. The van der Waals surface area contributed by atoms with E-state index >= 15 is 0 Å². The fraction of sp³-hybridized carbons (Fsp3) is 0.600. The average Bonchev–Trinajstić information content (AvgIpc) is 3.28. The van der Waals surface area contributed by atoms with Crippen molar-refractivity contribution >= 4 is 17.5 Å². The Labute approximate surface area is 138 Å². The molecule has 2 aromatic heterocycles. The van der Waals surface area contributed by atoms with Crippen molar-refractivity contribution in [3.8, 4) is 0 Å². The molecule has 122 valence electrons. The van der Waals surface area contributed by atoms with E-state index < -0.39 is 5.60 Å². The van der Waals surface area contributed by atoms with Crippen LogP contribution < -0.4 is 4.90 Å². The molecule has 1 saturated heterocycles. The maximum atomic E-state index is 10.9. The lowest BCUT2D eigenvalue weighted by molar-refractivity contribution is 0.0189. The summed E-state index contributed by atoms with van der Waals surface area (Å²) < 4.78 is 5.30. The largest absolute Gasteiger partial charge is 0.388 e. The number of aromatic nitrogens is 4. The summed E-state index contributed by atoms with van der Waals surface area (Å²) in [6.07, 6.45) is 7.30. The van der Waals surface area contributed by atoms with Crippen LogP contribution >= 0.6 is 11.6 Å². The van der Waals surface area contributed by atoms with Crippen molar-refractivity contribution in [2.24, 2.45) is 0 Å². The molecule has 23 heavy (non-hydrogen) atoms. The molecule has 0 aromatic carbocycles. The predicted molar refractivity (Wildman–Crippen MR) is 83.4 cm³/mol. The van der Waals surface area contributed by atoms with Crippen molar-refractivity contribution in [2.75, 3.05) is 18.0 Å². The molecule has 1 aliphatic carbocycles. The Morgan fingerprint density at radius 2 is 2.13 bits per heavy atom. The van der Waals surface area contributed by atoms with Gasteiger partial charge < -0.3 is 14.5 Å². The van der Waals surface area contributed by atoms with E-state index in [1.165, 1.54) is 0 Å². The van der Waals surface area contributed by atoms with E-state index in [1.54, 1.807) is 12.4 Å². The van der Waals surface area contributed by atoms with Crippen molar-refractivity contribution in [2.45, 2.75) is 43.6 Å². The molecule has 0 bridgehead atoms. The molecule has 1 unspecified atom stereocenters. The topological polar surface area (TPSA) is 88.2 Å². The third-order valence-electron chi connectivity index (χ3n) is 4.35. The monoisotopic (exact) mass is 335 g/mol.